The number of rotatable bonds is 15. The molecule has 0 saturated carbocycles. The second-order valence-corrected chi connectivity index (χ2v) is 10.5. The predicted octanol–water partition coefficient (Wildman–Crippen LogP) is 0.198. The summed E-state index contributed by atoms with van der Waals surface area (Å²) in [6.07, 6.45) is -9.33. The molecule has 0 aromatic heterocycles. The number of benzene rings is 2. The Hall–Kier alpha value is -3.84. The van der Waals surface area contributed by atoms with Gasteiger partial charge in [-0.15, -0.1) is 0 Å². The van der Waals surface area contributed by atoms with E-state index in [4.69, 9.17) is 9.47 Å². The van der Waals surface area contributed by atoms with Crippen LogP contribution < -0.4 is 10.6 Å². The lowest BCUT2D eigenvalue weighted by molar-refractivity contribution is -0.161. The molecule has 12 heteroatoms. The summed E-state index contributed by atoms with van der Waals surface area (Å²) >= 11 is 0. The van der Waals surface area contributed by atoms with Gasteiger partial charge in [0.25, 0.3) is 11.8 Å². The lowest BCUT2D eigenvalue weighted by Gasteiger charge is -2.28. The van der Waals surface area contributed by atoms with Gasteiger partial charge in [-0.1, -0.05) is 88.4 Å². The maximum Gasteiger partial charge on any atom is 0.329 e. The molecule has 2 aromatic rings. The fourth-order valence-electron chi connectivity index (χ4n) is 3.79. The molecule has 6 unspecified atom stereocenters. The Bertz CT molecular complexity index is 1070. The van der Waals surface area contributed by atoms with Crippen LogP contribution in [0, 0.1) is 11.8 Å². The van der Waals surface area contributed by atoms with E-state index >= 15 is 0 Å². The van der Waals surface area contributed by atoms with E-state index in [-0.39, 0.29) is 13.2 Å². The van der Waals surface area contributed by atoms with Crippen molar-refractivity contribution in [2.75, 3.05) is 0 Å². The van der Waals surface area contributed by atoms with Crippen LogP contribution in [0.5, 0.6) is 0 Å². The highest BCUT2D eigenvalue weighted by atomic mass is 16.5. The topological polar surface area (TPSA) is 192 Å². The zero-order chi connectivity index (χ0) is 31.4. The van der Waals surface area contributed by atoms with E-state index in [0.717, 1.165) is 11.1 Å². The van der Waals surface area contributed by atoms with Crippen LogP contribution in [0.15, 0.2) is 60.7 Å². The molecule has 0 bridgehead atoms. The first-order chi connectivity index (χ1) is 19.8. The first kappa shape index (κ1) is 34.4. The highest BCUT2D eigenvalue weighted by Gasteiger charge is 2.40. The van der Waals surface area contributed by atoms with Crippen LogP contribution in [0.2, 0.25) is 0 Å². The first-order valence-corrected chi connectivity index (χ1v) is 13.6. The van der Waals surface area contributed by atoms with E-state index in [1.807, 2.05) is 0 Å². The quantitative estimate of drug-likeness (QED) is 0.157. The normalized spacial score (nSPS) is 15.6. The molecule has 0 saturated heterocycles. The minimum atomic E-state index is -2.33. The molecule has 2 rings (SSSR count). The van der Waals surface area contributed by atoms with Gasteiger partial charge < -0.3 is 40.5 Å². The molecular formula is C30H40N2O10. The Labute approximate surface area is 244 Å². The average Bonchev–Trinajstić information content (AvgIpc) is 2.98. The fourth-order valence-corrected chi connectivity index (χ4v) is 3.79. The first-order valence-electron chi connectivity index (χ1n) is 13.6. The van der Waals surface area contributed by atoms with Crippen molar-refractivity contribution in [2.45, 2.75) is 77.4 Å². The maximum absolute atomic E-state index is 12.6. The summed E-state index contributed by atoms with van der Waals surface area (Å²) in [5, 5.41) is 46.0. The average molecular weight is 589 g/mol. The third-order valence-electron chi connectivity index (χ3n) is 6.42. The monoisotopic (exact) mass is 588 g/mol. The van der Waals surface area contributed by atoms with Crippen molar-refractivity contribution in [3.8, 4) is 0 Å². The molecule has 2 amide bonds. The number of ether oxygens (including phenoxy) is 2. The van der Waals surface area contributed by atoms with Crippen molar-refractivity contribution in [1.82, 2.24) is 10.6 Å². The van der Waals surface area contributed by atoms with Crippen molar-refractivity contribution in [3.63, 3.8) is 0 Å². The van der Waals surface area contributed by atoms with Crippen molar-refractivity contribution in [1.29, 1.82) is 0 Å². The number of hydrogen-bond donors (Lipinski definition) is 6. The van der Waals surface area contributed by atoms with E-state index in [9.17, 15) is 39.6 Å². The van der Waals surface area contributed by atoms with Gasteiger partial charge >= 0.3 is 11.9 Å². The molecule has 0 spiro atoms. The number of aliphatic hydroxyl groups is 4. The molecule has 230 valence electrons. The fraction of sp³-hybridized carbons (Fsp3) is 0.467. The van der Waals surface area contributed by atoms with Crippen LogP contribution in [-0.4, -0.2) is 80.7 Å². The Morgan fingerprint density at radius 1 is 0.595 bits per heavy atom. The van der Waals surface area contributed by atoms with Crippen LogP contribution in [0.3, 0.4) is 0 Å². The molecule has 0 aliphatic heterocycles. The second kappa shape index (κ2) is 16.6. The summed E-state index contributed by atoms with van der Waals surface area (Å²) in [6, 6.07) is 15.2. The van der Waals surface area contributed by atoms with Gasteiger partial charge in [0.05, 0.1) is 0 Å². The number of carbonyl (C=O) groups is 4. The van der Waals surface area contributed by atoms with Gasteiger partial charge in [0.2, 0.25) is 0 Å². The largest absolute Gasteiger partial charge is 0.459 e. The van der Waals surface area contributed by atoms with Crippen LogP contribution >= 0.6 is 0 Å². The van der Waals surface area contributed by atoms with Gasteiger partial charge in [-0.3, -0.25) is 9.59 Å². The summed E-state index contributed by atoms with van der Waals surface area (Å²) in [6.45, 7) is 6.38. The van der Waals surface area contributed by atoms with Crippen molar-refractivity contribution in [3.05, 3.63) is 71.8 Å². The number of amides is 2. The molecule has 6 N–H and O–H groups in total. The highest BCUT2D eigenvalue weighted by molar-refractivity contribution is 5.89. The van der Waals surface area contributed by atoms with Gasteiger partial charge in [-0.25, -0.2) is 9.59 Å². The molecule has 6 atom stereocenters. The lowest BCUT2D eigenvalue weighted by Crippen LogP contribution is -2.58. The van der Waals surface area contributed by atoms with Crippen LogP contribution in [0.1, 0.15) is 38.8 Å². The summed E-state index contributed by atoms with van der Waals surface area (Å²) in [5.74, 6) is -5.01. The van der Waals surface area contributed by atoms with Gasteiger partial charge in [-0.05, 0) is 23.0 Å². The SMILES string of the molecule is CC(C)C(NC(=O)C(O)C(O)C(O)C(O)C(=O)NC(C(=O)OCc1ccccc1)C(C)C)C(=O)OCc1ccccc1. The van der Waals surface area contributed by atoms with E-state index in [2.05, 4.69) is 10.6 Å². The lowest BCUT2D eigenvalue weighted by atomic mass is 9.99. The van der Waals surface area contributed by atoms with E-state index in [0.29, 0.717) is 0 Å². The number of nitrogens with one attached hydrogen (secondary N) is 2. The molecule has 0 aliphatic carbocycles. The summed E-state index contributed by atoms with van der Waals surface area (Å²) in [4.78, 5) is 50.5. The summed E-state index contributed by atoms with van der Waals surface area (Å²) in [7, 11) is 0. The third kappa shape index (κ3) is 10.2. The standard InChI is InChI=1S/C30H40N2O10/c1-17(2)21(29(39)41-15-19-11-7-5-8-12-19)31-27(37)25(35)23(33)24(34)26(36)28(38)32-22(18(3)4)30(40)42-16-20-13-9-6-10-14-20/h5-14,17-18,21-26,33-36H,15-16H2,1-4H3,(H,31,37)(H,32,38). The highest BCUT2D eigenvalue weighted by Crippen LogP contribution is 2.12. The van der Waals surface area contributed by atoms with E-state index in [1.54, 1.807) is 88.4 Å². The van der Waals surface area contributed by atoms with Crippen molar-refractivity contribution >= 4 is 23.8 Å². The number of aliphatic hydroxyl groups excluding tert-OH is 4. The Balaban J connectivity index is 1.96. The minimum absolute atomic E-state index is 0.0544. The van der Waals surface area contributed by atoms with E-state index in [1.165, 1.54) is 0 Å². The van der Waals surface area contributed by atoms with Gasteiger partial charge in [0.1, 0.15) is 37.5 Å². The Kier molecular flexibility index (Phi) is 13.6. The molecule has 42 heavy (non-hydrogen) atoms. The Morgan fingerprint density at radius 3 is 1.19 bits per heavy atom. The number of esters is 2. The molecular weight excluding hydrogens is 548 g/mol. The molecule has 0 heterocycles. The molecule has 12 nitrogen and oxygen atoms in total. The summed E-state index contributed by atoms with van der Waals surface area (Å²) in [5.41, 5.74) is 1.43. The van der Waals surface area contributed by atoms with Crippen molar-refractivity contribution in [2.24, 2.45) is 11.8 Å². The molecule has 0 fully saturated rings. The molecule has 0 aliphatic rings. The predicted molar refractivity (Wildman–Crippen MR) is 150 cm³/mol. The second-order valence-electron chi connectivity index (χ2n) is 10.5. The number of hydrogen-bond acceptors (Lipinski definition) is 10. The van der Waals surface area contributed by atoms with Gasteiger partial charge in [0.15, 0.2) is 12.2 Å². The van der Waals surface area contributed by atoms with Crippen molar-refractivity contribution < 1.29 is 49.1 Å². The van der Waals surface area contributed by atoms with Crippen LogP contribution in [-0.2, 0) is 41.9 Å². The molecule has 0 radical (unpaired) electrons. The third-order valence-corrected chi connectivity index (χ3v) is 6.42. The zero-order valence-corrected chi connectivity index (χ0v) is 24.0. The number of carbonyl (C=O) groups excluding carboxylic acids is 4. The maximum atomic E-state index is 12.6. The van der Waals surface area contributed by atoms with E-state index < -0.39 is 72.1 Å². The van der Waals surface area contributed by atoms with Crippen LogP contribution in [0.4, 0.5) is 0 Å². The summed E-state index contributed by atoms with van der Waals surface area (Å²) < 4.78 is 10.5. The smallest absolute Gasteiger partial charge is 0.329 e. The Morgan fingerprint density at radius 2 is 0.905 bits per heavy atom. The zero-order valence-electron chi connectivity index (χ0n) is 24.0. The van der Waals surface area contributed by atoms with Gasteiger partial charge in [-0.2, -0.15) is 0 Å². The van der Waals surface area contributed by atoms with Crippen LogP contribution in [0.25, 0.3) is 0 Å². The molecule has 2 aromatic carbocycles. The van der Waals surface area contributed by atoms with Gasteiger partial charge in [0, 0.05) is 0 Å². The minimum Gasteiger partial charge on any atom is -0.459 e.